The second-order valence-corrected chi connectivity index (χ2v) is 11.2. The molecule has 2 aliphatic heterocycles. The Morgan fingerprint density at radius 3 is 2.18 bits per heavy atom. The first-order valence-corrected chi connectivity index (χ1v) is 12.4. The summed E-state index contributed by atoms with van der Waals surface area (Å²) >= 11 is 0. The lowest BCUT2D eigenvalue weighted by Gasteiger charge is -2.26. The maximum Gasteiger partial charge on any atom is 0.264 e. The largest absolute Gasteiger partial charge is 0.264 e. The van der Waals surface area contributed by atoms with Crippen LogP contribution >= 0.6 is 0 Å². The van der Waals surface area contributed by atoms with Crippen LogP contribution in [0, 0.1) is 0 Å². The molecule has 0 radical (unpaired) electrons. The van der Waals surface area contributed by atoms with E-state index in [0.29, 0.717) is 25.2 Å². The van der Waals surface area contributed by atoms with E-state index in [9.17, 15) is 16.8 Å². The molecule has 0 saturated carbocycles. The molecule has 2 aromatic rings. The van der Waals surface area contributed by atoms with Gasteiger partial charge in [-0.3, -0.25) is 4.31 Å². The van der Waals surface area contributed by atoms with Crippen molar-refractivity contribution in [2.24, 2.45) is 0 Å². The molecule has 28 heavy (non-hydrogen) atoms. The molecule has 0 bridgehead atoms. The minimum Gasteiger partial charge on any atom is -0.263 e. The summed E-state index contributed by atoms with van der Waals surface area (Å²) in [5.74, 6) is 0. The Morgan fingerprint density at radius 2 is 1.50 bits per heavy atom. The molecule has 6 nitrogen and oxygen atoms in total. The van der Waals surface area contributed by atoms with Crippen molar-refractivity contribution in [3.8, 4) is 0 Å². The summed E-state index contributed by atoms with van der Waals surface area (Å²) in [5, 5.41) is 0. The molecule has 2 heterocycles. The first kappa shape index (κ1) is 19.4. The number of anilines is 1. The lowest BCUT2D eigenvalue weighted by atomic mass is 10.1. The van der Waals surface area contributed by atoms with Gasteiger partial charge in [-0.25, -0.2) is 16.8 Å². The highest BCUT2D eigenvalue weighted by Crippen LogP contribution is 2.38. The highest BCUT2D eigenvalue weighted by atomic mass is 32.2. The molecule has 0 amide bonds. The van der Waals surface area contributed by atoms with E-state index < -0.39 is 20.0 Å². The maximum absolute atomic E-state index is 13.1. The van der Waals surface area contributed by atoms with E-state index in [-0.39, 0.29) is 15.8 Å². The SMILES string of the molecule is C[C@@H]1Cc2cc(S(=O)(=O)N3CCCCC3)ccc2N1S(=O)(=O)c1ccccc1. The van der Waals surface area contributed by atoms with Crippen LogP contribution in [0.25, 0.3) is 0 Å². The molecule has 0 N–H and O–H groups in total. The normalized spacial score (nSPS) is 20.9. The number of hydrogen-bond donors (Lipinski definition) is 0. The van der Waals surface area contributed by atoms with Crippen LogP contribution in [0.1, 0.15) is 31.7 Å². The zero-order valence-electron chi connectivity index (χ0n) is 15.8. The van der Waals surface area contributed by atoms with Crippen LogP contribution < -0.4 is 4.31 Å². The molecule has 150 valence electrons. The van der Waals surface area contributed by atoms with Gasteiger partial charge in [0.1, 0.15) is 0 Å². The predicted molar refractivity (Wildman–Crippen MR) is 108 cm³/mol. The van der Waals surface area contributed by atoms with Crippen LogP contribution in [0.15, 0.2) is 58.3 Å². The van der Waals surface area contributed by atoms with Crippen molar-refractivity contribution >= 4 is 25.7 Å². The summed E-state index contributed by atoms with van der Waals surface area (Å²) in [6.45, 7) is 2.94. The summed E-state index contributed by atoms with van der Waals surface area (Å²) in [4.78, 5) is 0.485. The lowest BCUT2D eigenvalue weighted by Crippen LogP contribution is -2.36. The molecule has 0 unspecified atom stereocenters. The quantitative estimate of drug-likeness (QED) is 0.762. The first-order chi connectivity index (χ1) is 13.3. The minimum atomic E-state index is -3.70. The summed E-state index contributed by atoms with van der Waals surface area (Å²) in [7, 11) is -7.24. The summed E-state index contributed by atoms with van der Waals surface area (Å²) in [5.41, 5.74) is 1.32. The van der Waals surface area contributed by atoms with Gasteiger partial charge in [-0.05, 0) is 62.1 Å². The molecule has 1 atom stereocenters. The summed E-state index contributed by atoms with van der Waals surface area (Å²) < 4.78 is 55.1. The van der Waals surface area contributed by atoms with E-state index in [2.05, 4.69) is 0 Å². The van der Waals surface area contributed by atoms with E-state index >= 15 is 0 Å². The number of rotatable bonds is 4. The van der Waals surface area contributed by atoms with Crippen LogP contribution in [0.4, 0.5) is 5.69 Å². The molecule has 2 aliphatic rings. The molecule has 2 aromatic carbocycles. The minimum absolute atomic E-state index is 0.236. The molecule has 0 aliphatic carbocycles. The van der Waals surface area contributed by atoms with Gasteiger partial charge < -0.3 is 0 Å². The van der Waals surface area contributed by atoms with Gasteiger partial charge in [-0.15, -0.1) is 0 Å². The van der Waals surface area contributed by atoms with Crippen molar-refractivity contribution in [3.05, 3.63) is 54.1 Å². The van der Waals surface area contributed by atoms with Gasteiger partial charge in [-0.1, -0.05) is 24.6 Å². The zero-order valence-corrected chi connectivity index (χ0v) is 17.4. The molecule has 8 heteroatoms. The third-order valence-electron chi connectivity index (χ3n) is 5.46. The second-order valence-electron chi connectivity index (χ2n) is 7.42. The van der Waals surface area contributed by atoms with Crippen LogP contribution in [0.3, 0.4) is 0 Å². The highest BCUT2D eigenvalue weighted by Gasteiger charge is 2.37. The lowest BCUT2D eigenvalue weighted by molar-refractivity contribution is 0.346. The van der Waals surface area contributed by atoms with E-state index in [1.165, 1.54) is 14.7 Å². The number of fused-ring (bicyclic) bond motifs is 1. The van der Waals surface area contributed by atoms with Gasteiger partial charge in [-0.2, -0.15) is 4.31 Å². The van der Waals surface area contributed by atoms with E-state index in [0.717, 1.165) is 24.8 Å². The molecular formula is C20H24N2O4S2. The number of nitrogens with zero attached hydrogens (tertiary/aromatic N) is 2. The second kappa shape index (κ2) is 7.17. The van der Waals surface area contributed by atoms with Crippen molar-refractivity contribution in [1.82, 2.24) is 4.31 Å². The van der Waals surface area contributed by atoms with E-state index in [1.54, 1.807) is 42.5 Å². The molecule has 1 saturated heterocycles. The molecule has 0 spiro atoms. The van der Waals surface area contributed by atoms with Crippen LogP contribution in [-0.4, -0.2) is 40.3 Å². The average molecular weight is 421 g/mol. The monoisotopic (exact) mass is 420 g/mol. The van der Waals surface area contributed by atoms with Crippen molar-refractivity contribution in [1.29, 1.82) is 0 Å². The molecule has 1 fully saturated rings. The zero-order chi connectivity index (χ0) is 19.9. The van der Waals surface area contributed by atoms with Gasteiger partial charge in [0.15, 0.2) is 0 Å². The third-order valence-corrected chi connectivity index (χ3v) is 9.29. The van der Waals surface area contributed by atoms with Gasteiger partial charge in [0.05, 0.1) is 15.5 Å². The Hall–Kier alpha value is -1.90. The fraction of sp³-hybridized carbons (Fsp3) is 0.400. The van der Waals surface area contributed by atoms with Crippen LogP contribution in [0.2, 0.25) is 0 Å². The van der Waals surface area contributed by atoms with E-state index in [1.807, 2.05) is 6.92 Å². The van der Waals surface area contributed by atoms with Crippen LogP contribution in [0.5, 0.6) is 0 Å². The average Bonchev–Trinajstić information content (AvgIpc) is 3.05. The van der Waals surface area contributed by atoms with Gasteiger partial charge >= 0.3 is 0 Å². The Morgan fingerprint density at radius 1 is 0.821 bits per heavy atom. The maximum atomic E-state index is 13.1. The number of piperidine rings is 1. The number of sulfonamides is 2. The Bertz CT molecular complexity index is 1080. The smallest absolute Gasteiger partial charge is 0.263 e. The topological polar surface area (TPSA) is 74.8 Å². The summed E-state index contributed by atoms with van der Waals surface area (Å²) in [6.07, 6.45) is 3.30. The third kappa shape index (κ3) is 3.23. The first-order valence-electron chi connectivity index (χ1n) is 9.54. The molecule has 0 aromatic heterocycles. The standard InChI is InChI=1S/C20H24N2O4S2/c1-16-14-17-15-19(27(23,24)21-12-6-3-7-13-21)10-11-20(17)22(16)28(25,26)18-8-4-2-5-9-18/h2,4-5,8-11,15-16H,3,6-7,12-14H2,1H3/t16-/m1/s1. The number of benzene rings is 2. The Balaban J connectivity index is 1.71. The Kier molecular flexibility index (Phi) is 4.97. The van der Waals surface area contributed by atoms with Gasteiger partial charge in [0, 0.05) is 19.1 Å². The fourth-order valence-electron chi connectivity index (χ4n) is 4.07. The summed E-state index contributed by atoms with van der Waals surface area (Å²) in [6, 6.07) is 12.9. The van der Waals surface area contributed by atoms with Gasteiger partial charge in [0.25, 0.3) is 10.0 Å². The van der Waals surface area contributed by atoms with Crippen molar-refractivity contribution in [2.45, 2.75) is 48.4 Å². The van der Waals surface area contributed by atoms with E-state index in [4.69, 9.17) is 0 Å². The predicted octanol–water partition coefficient (Wildman–Crippen LogP) is 3.00. The molecule has 4 rings (SSSR count). The number of hydrogen-bond acceptors (Lipinski definition) is 4. The van der Waals surface area contributed by atoms with Crippen molar-refractivity contribution in [2.75, 3.05) is 17.4 Å². The van der Waals surface area contributed by atoms with Crippen LogP contribution in [-0.2, 0) is 26.5 Å². The fourth-order valence-corrected chi connectivity index (χ4v) is 7.35. The molecular weight excluding hydrogens is 396 g/mol. The van der Waals surface area contributed by atoms with Crippen molar-refractivity contribution in [3.63, 3.8) is 0 Å². The Labute approximate surface area is 166 Å². The van der Waals surface area contributed by atoms with Gasteiger partial charge in [0.2, 0.25) is 10.0 Å². The van der Waals surface area contributed by atoms with Crippen molar-refractivity contribution < 1.29 is 16.8 Å². The highest BCUT2D eigenvalue weighted by molar-refractivity contribution is 7.93.